The molecule has 3 rings (SSSR count). The Kier molecular flexibility index (Phi) is 5.21. The number of nitrogens with zero attached hydrogens (tertiary/aromatic N) is 3. The van der Waals surface area contributed by atoms with Gasteiger partial charge in [0.05, 0.1) is 12.2 Å². The van der Waals surface area contributed by atoms with Gasteiger partial charge in [-0.3, -0.25) is 4.79 Å². The van der Waals surface area contributed by atoms with Gasteiger partial charge >= 0.3 is 0 Å². The number of aromatic nitrogens is 2. The standard InChI is InChI=1S/C19H21N3O2/c1-15-9-11-18(21-20-15)24-17-8-5-13-22(14-17)19(23)12-10-16-6-3-2-4-7-16/h2-4,6-7,9-12,17H,5,8,13-14H2,1H3/b12-10+. The number of hydrogen-bond acceptors (Lipinski definition) is 4. The van der Waals surface area contributed by atoms with Crippen LogP contribution in [0.25, 0.3) is 6.08 Å². The lowest BCUT2D eigenvalue weighted by Gasteiger charge is -2.31. The van der Waals surface area contributed by atoms with Crippen LogP contribution in [0, 0.1) is 6.92 Å². The largest absolute Gasteiger partial charge is 0.471 e. The Hall–Kier alpha value is -2.69. The second-order valence-electron chi connectivity index (χ2n) is 5.92. The molecule has 1 aliphatic heterocycles. The average Bonchev–Trinajstić information content (AvgIpc) is 2.63. The molecule has 0 N–H and O–H groups in total. The molecular weight excluding hydrogens is 302 g/mol. The van der Waals surface area contributed by atoms with E-state index in [9.17, 15) is 4.79 Å². The summed E-state index contributed by atoms with van der Waals surface area (Å²) in [6.45, 7) is 3.22. The molecule has 124 valence electrons. The van der Waals surface area contributed by atoms with Gasteiger partial charge in [0.25, 0.3) is 0 Å². The van der Waals surface area contributed by atoms with E-state index in [2.05, 4.69) is 10.2 Å². The van der Waals surface area contributed by atoms with Gasteiger partial charge in [-0.1, -0.05) is 30.3 Å². The van der Waals surface area contributed by atoms with Gasteiger partial charge in [-0.15, -0.1) is 5.10 Å². The van der Waals surface area contributed by atoms with Crippen LogP contribution in [0.2, 0.25) is 0 Å². The minimum absolute atomic E-state index is 0.0159. The number of benzene rings is 1. The average molecular weight is 323 g/mol. The molecule has 1 aromatic carbocycles. The molecule has 1 saturated heterocycles. The molecule has 1 fully saturated rings. The van der Waals surface area contributed by atoms with Crippen LogP contribution in [0.5, 0.6) is 5.88 Å². The summed E-state index contributed by atoms with van der Waals surface area (Å²) in [7, 11) is 0. The second-order valence-corrected chi connectivity index (χ2v) is 5.92. The zero-order chi connectivity index (χ0) is 16.8. The molecular formula is C19H21N3O2. The van der Waals surface area contributed by atoms with E-state index in [0.29, 0.717) is 12.4 Å². The maximum atomic E-state index is 12.4. The molecule has 0 aliphatic carbocycles. The van der Waals surface area contributed by atoms with Crippen molar-refractivity contribution in [1.29, 1.82) is 0 Å². The smallest absolute Gasteiger partial charge is 0.246 e. The summed E-state index contributed by atoms with van der Waals surface area (Å²) in [6.07, 6.45) is 5.28. The van der Waals surface area contributed by atoms with Crippen molar-refractivity contribution < 1.29 is 9.53 Å². The molecule has 2 aromatic rings. The van der Waals surface area contributed by atoms with Crippen LogP contribution in [-0.4, -0.2) is 40.2 Å². The molecule has 1 aromatic heterocycles. The molecule has 0 radical (unpaired) electrons. The first-order chi connectivity index (χ1) is 11.7. The van der Waals surface area contributed by atoms with E-state index in [1.165, 1.54) is 0 Å². The molecule has 5 nitrogen and oxygen atoms in total. The summed E-state index contributed by atoms with van der Waals surface area (Å²) < 4.78 is 5.86. The number of likely N-dealkylation sites (tertiary alicyclic amines) is 1. The normalized spacial score (nSPS) is 17.9. The molecule has 5 heteroatoms. The van der Waals surface area contributed by atoms with E-state index < -0.39 is 0 Å². The molecule has 24 heavy (non-hydrogen) atoms. The first kappa shape index (κ1) is 16.2. The highest BCUT2D eigenvalue weighted by molar-refractivity contribution is 5.91. The van der Waals surface area contributed by atoms with Crippen LogP contribution in [-0.2, 0) is 4.79 Å². The zero-order valence-electron chi connectivity index (χ0n) is 13.8. The maximum Gasteiger partial charge on any atom is 0.246 e. The summed E-state index contributed by atoms with van der Waals surface area (Å²) >= 11 is 0. The lowest BCUT2D eigenvalue weighted by Crippen LogP contribution is -2.43. The van der Waals surface area contributed by atoms with Crippen molar-refractivity contribution in [2.75, 3.05) is 13.1 Å². The fourth-order valence-electron chi connectivity index (χ4n) is 2.69. The number of rotatable bonds is 4. The van der Waals surface area contributed by atoms with Crippen molar-refractivity contribution in [2.45, 2.75) is 25.9 Å². The Balaban J connectivity index is 1.57. The van der Waals surface area contributed by atoms with Gasteiger partial charge in [-0.25, -0.2) is 0 Å². The minimum Gasteiger partial charge on any atom is -0.471 e. The summed E-state index contributed by atoms with van der Waals surface area (Å²) in [4.78, 5) is 14.2. The number of carbonyl (C=O) groups is 1. The van der Waals surface area contributed by atoms with Gasteiger partial charge < -0.3 is 9.64 Å². The number of aryl methyl sites for hydroxylation is 1. The molecule has 0 saturated carbocycles. The van der Waals surface area contributed by atoms with Crippen LogP contribution in [0.4, 0.5) is 0 Å². The number of ether oxygens (including phenoxy) is 1. The lowest BCUT2D eigenvalue weighted by molar-refractivity contribution is -0.128. The van der Waals surface area contributed by atoms with E-state index in [4.69, 9.17) is 4.74 Å². The Morgan fingerprint density at radius 2 is 2.04 bits per heavy atom. The number of amides is 1. The highest BCUT2D eigenvalue weighted by Crippen LogP contribution is 2.17. The molecule has 2 heterocycles. The summed E-state index contributed by atoms with van der Waals surface area (Å²) in [5.41, 5.74) is 1.87. The third-order valence-corrected chi connectivity index (χ3v) is 3.97. The van der Waals surface area contributed by atoms with E-state index in [-0.39, 0.29) is 12.0 Å². The lowest BCUT2D eigenvalue weighted by atomic mass is 10.1. The third kappa shape index (κ3) is 4.41. The van der Waals surface area contributed by atoms with Crippen molar-refractivity contribution in [3.05, 3.63) is 59.8 Å². The number of carbonyl (C=O) groups excluding carboxylic acids is 1. The molecule has 1 amide bonds. The summed E-state index contributed by atoms with van der Waals surface area (Å²) in [6, 6.07) is 13.5. The zero-order valence-corrected chi connectivity index (χ0v) is 13.8. The van der Waals surface area contributed by atoms with Crippen LogP contribution < -0.4 is 4.74 Å². The van der Waals surface area contributed by atoms with E-state index in [0.717, 1.165) is 30.6 Å². The van der Waals surface area contributed by atoms with E-state index in [1.807, 2.05) is 60.4 Å². The molecule has 1 aliphatic rings. The van der Waals surface area contributed by atoms with E-state index in [1.54, 1.807) is 6.08 Å². The van der Waals surface area contributed by atoms with Crippen LogP contribution >= 0.6 is 0 Å². The highest BCUT2D eigenvalue weighted by Gasteiger charge is 2.24. The molecule has 1 unspecified atom stereocenters. The first-order valence-electron chi connectivity index (χ1n) is 8.20. The van der Waals surface area contributed by atoms with Crippen molar-refractivity contribution >= 4 is 12.0 Å². The second kappa shape index (κ2) is 7.73. The highest BCUT2D eigenvalue weighted by atomic mass is 16.5. The van der Waals surface area contributed by atoms with Gasteiger partial charge in [-0.2, -0.15) is 5.10 Å². The quantitative estimate of drug-likeness (QED) is 0.812. The monoisotopic (exact) mass is 323 g/mol. The van der Waals surface area contributed by atoms with Crippen molar-refractivity contribution in [3.8, 4) is 5.88 Å². The fraction of sp³-hybridized carbons (Fsp3) is 0.316. The third-order valence-electron chi connectivity index (χ3n) is 3.97. The predicted molar refractivity (Wildman–Crippen MR) is 92.5 cm³/mol. The van der Waals surface area contributed by atoms with Gasteiger partial charge in [-0.05, 0) is 37.5 Å². The topological polar surface area (TPSA) is 55.3 Å². The SMILES string of the molecule is Cc1ccc(OC2CCCN(C(=O)/C=C/c3ccccc3)C2)nn1. The summed E-state index contributed by atoms with van der Waals surface area (Å²) in [5, 5.41) is 8.02. The minimum atomic E-state index is -0.0372. The molecule has 0 spiro atoms. The van der Waals surface area contributed by atoms with Gasteiger partial charge in [0, 0.05) is 18.7 Å². The fourth-order valence-corrected chi connectivity index (χ4v) is 2.69. The molecule has 0 bridgehead atoms. The van der Waals surface area contributed by atoms with Crippen LogP contribution in [0.3, 0.4) is 0 Å². The van der Waals surface area contributed by atoms with Gasteiger partial charge in [0.1, 0.15) is 6.10 Å². The predicted octanol–water partition coefficient (Wildman–Crippen LogP) is 2.87. The van der Waals surface area contributed by atoms with E-state index >= 15 is 0 Å². The number of piperidine rings is 1. The van der Waals surface area contributed by atoms with Gasteiger partial charge in [0.2, 0.25) is 11.8 Å². The van der Waals surface area contributed by atoms with Gasteiger partial charge in [0.15, 0.2) is 0 Å². The van der Waals surface area contributed by atoms with Crippen molar-refractivity contribution in [2.24, 2.45) is 0 Å². The van der Waals surface area contributed by atoms with Crippen molar-refractivity contribution in [1.82, 2.24) is 15.1 Å². The Bertz CT molecular complexity index is 698. The van der Waals surface area contributed by atoms with Crippen LogP contribution in [0.1, 0.15) is 24.1 Å². The van der Waals surface area contributed by atoms with Crippen LogP contribution in [0.15, 0.2) is 48.5 Å². The summed E-state index contributed by atoms with van der Waals surface area (Å²) in [5.74, 6) is 0.530. The Morgan fingerprint density at radius 1 is 1.21 bits per heavy atom. The maximum absolute atomic E-state index is 12.4. The molecule has 1 atom stereocenters. The first-order valence-corrected chi connectivity index (χ1v) is 8.20. The Morgan fingerprint density at radius 3 is 2.79 bits per heavy atom. The van der Waals surface area contributed by atoms with Crippen molar-refractivity contribution in [3.63, 3.8) is 0 Å². The Labute approximate surface area is 142 Å². The number of hydrogen-bond donors (Lipinski definition) is 0.